The Morgan fingerprint density at radius 3 is 2.33 bits per heavy atom. The normalized spacial score (nSPS) is 20.3. The third-order valence-electron chi connectivity index (χ3n) is 3.72. The Morgan fingerprint density at radius 2 is 1.81 bits per heavy atom. The van der Waals surface area contributed by atoms with Gasteiger partial charge in [0.15, 0.2) is 5.78 Å². The Kier molecular flexibility index (Phi) is 4.38. The number of hydrogen-bond donors (Lipinski definition) is 0. The zero-order valence-electron chi connectivity index (χ0n) is 13.3. The summed E-state index contributed by atoms with van der Waals surface area (Å²) >= 11 is 0. The van der Waals surface area contributed by atoms with Gasteiger partial charge in [0.1, 0.15) is 5.25 Å². The number of ketones is 1. The third-order valence-corrected chi connectivity index (χ3v) is 5.43. The van der Waals surface area contributed by atoms with E-state index in [1.807, 2.05) is 70.1 Å². The van der Waals surface area contributed by atoms with E-state index in [0.717, 1.165) is 16.2 Å². The second-order valence-corrected chi connectivity index (χ2v) is 8.22. The van der Waals surface area contributed by atoms with Crippen molar-refractivity contribution in [3.05, 3.63) is 35.9 Å². The lowest BCUT2D eigenvalue weighted by molar-refractivity contribution is -0.115. The first kappa shape index (κ1) is 16.0. The fourth-order valence-corrected chi connectivity index (χ4v) is 4.18. The Morgan fingerprint density at radius 1 is 1.19 bits per heavy atom. The van der Waals surface area contributed by atoms with Crippen molar-refractivity contribution in [3.63, 3.8) is 0 Å². The van der Waals surface area contributed by atoms with Crippen LogP contribution in [0.5, 0.6) is 0 Å². The van der Waals surface area contributed by atoms with Crippen molar-refractivity contribution in [1.29, 1.82) is 0 Å². The molecule has 0 bridgehead atoms. The summed E-state index contributed by atoms with van der Waals surface area (Å²) in [7, 11) is 2.52. The van der Waals surface area contributed by atoms with Gasteiger partial charge >= 0.3 is 0 Å². The van der Waals surface area contributed by atoms with E-state index < -0.39 is 16.0 Å². The molecule has 1 aliphatic carbocycles. The summed E-state index contributed by atoms with van der Waals surface area (Å²) in [5.41, 5.74) is 1.54. The highest BCUT2D eigenvalue weighted by Crippen LogP contribution is 2.36. The Labute approximate surface area is 129 Å². The molecule has 4 heteroatoms. The highest BCUT2D eigenvalue weighted by Gasteiger charge is 2.38. The summed E-state index contributed by atoms with van der Waals surface area (Å²) in [6.45, 7) is 6.07. The number of nitrogens with zero attached hydrogens (tertiary/aromatic N) is 1. The first-order valence-corrected chi connectivity index (χ1v) is 8.36. The average molecular weight is 305 g/mol. The Balaban J connectivity index is 2.30. The molecule has 0 N–H and O–H groups in total. The molecule has 0 spiro atoms. The molecular weight excluding hydrogens is 282 g/mol. The van der Waals surface area contributed by atoms with E-state index >= 15 is 0 Å². The van der Waals surface area contributed by atoms with Crippen LogP contribution in [-0.2, 0) is 15.6 Å². The molecule has 1 aliphatic rings. The molecular formula is C17H23NO2S. The lowest BCUT2D eigenvalue weighted by Gasteiger charge is -2.21. The largest absolute Gasteiger partial charge is 0.377 e. The Hall–Kier alpha value is -1.42. The number of allylic oxidation sites excluding steroid dienone is 2. The van der Waals surface area contributed by atoms with Crippen molar-refractivity contribution in [2.75, 3.05) is 19.0 Å². The number of anilines is 1. The minimum atomic E-state index is -1.32. The first-order chi connectivity index (χ1) is 9.73. The molecule has 0 saturated heterocycles. The molecule has 0 amide bonds. The van der Waals surface area contributed by atoms with Crippen molar-refractivity contribution in [1.82, 2.24) is 0 Å². The number of hydrogen-bond acceptors (Lipinski definition) is 3. The van der Waals surface area contributed by atoms with Crippen LogP contribution in [0.15, 0.2) is 40.8 Å². The van der Waals surface area contributed by atoms with Gasteiger partial charge in [-0.2, -0.15) is 0 Å². The van der Waals surface area contributed by atoms with E-state index in [1.54, 1.807) is 0 Å². The fourth-order valence-electron chi connectivity index (χ4n) is 2.62. The summed E-state index contributed by atoms with van der Waals surface area (Å²) in [5.74, 6) is 0.0365. The average Bonchev–Trinajstić information content (AvgIpc) is 2.79. The zero-order valence-corrected chi connectivity index (χ0v) is 14.2. The predicted molar refractivity (Wildman–Crippen MR) is 88.1 cm³/mol. The predicted octanol–water partition coefficient (Wildman–Crippen LogP) is 3.17. The molecule has 2 atom stereocenters. The van der Waals surface area contributed by atoms with E-state index in [9.17, 15) is 9.00 Å². The van der Waals surface area contributed by atoms with Crippen molar-refractivity contribution in [3.8, 4) is 0 Å². The van der Waals surface area contributed by atoms with Crippen molar-refractivity contribution < 1.29 is 9.00 Å². The number of rotatable bonds is 3. The van der Waals surface area contributed by atoms with Gasteiger partial charge in [0.25, 0.3) is 0 Å². The number of benzene rings is 1. The van der Waals surface area contributed by atoms with E-state index in [1.165, 1.54) is 0 Å². The van der Waals surface area contributed by atoms with Gasteiger partial charge in [-0.05, 0) is 29.5 Å². The van der Waals surface area contributed by atoms with Gasteiger partial charge < -0.3 is 4.90 Å². The monoisotopic (exact) mass is 305 g/mol. The van der Waals surface area contributed by atoms with Gasteiger partial charge in [-0.1, -0.05) is 39.0 Å². The summed E-state index contributed by atoms with van der Waals surface area (Å²) in [6.07, 6.45) is 2.53. The summed E-state index contributed by atoms with van der Waals surface area (Å²) in [6, 6.07) is 7.58. The molecule has 0 aliphatic heterocycles. The van der Waals surface area contributed by atoms with Crippen molar-refractivity contribution in [2.45, 2.75) is 37.3 Å². The minimum Gasteiger partial charge on any atom is -0.377 e. The molecule has 1 aromatic carbocycles. The highest BCUT2D eigenvalue weighted by molar-refractivity contribution is 7.86. The van der Waals surface area contributed by atoms with Crippen LogP contribution in [0.25, 0.3) is 0 Å². The smallest absolute Gasteiger partial charge is 0.175 e. The molecule has 0 saturated carbocycles. The lowest BCUT2D eigenvalue weighted by atomic mass is 9.85. The van der Waals surface area contributed by atoms with Gasteiger partial charge in [0.05, 0.1) is 21.4 Å². The fraction of sp³-hybridized carbons (Fsp3) is 0.471. The van der Waals surface area contributed by atoms with Crippen molar-refractivity contribution in [2.24, 2.45) is 5.41 Å². The maximum atomic E-state index is 12.9. The van der Waals surface area contributed by atoms with Crippen LogP contribution in [0.4, 0.5) is 5.69 Å². The van der Waals surface area contributed by atoms with Crippen LogP contribution in [0.2, 0.25) is 0 Å². The number of para-hydroxylation sites is 1. The van der Waals surface area contributed by atoms with Crippen molar-refractivity contribution >= 4 is 22.3 Å². The molecule has 0 heterocycles. The van der Waals surface area contributed by atoms with Gasteiger partial charge in [0.2, 0.25) is 0 Å². The second-order valence-electron chi connectivity index (χ2n) is 6.62. The molecule has 1 aromatic rings. The van der Waals surface area contributed by atoms with Crippen LogP contribution in [0, 0.1) is 5.41 Å². The number of carbonyl (C=O) groups is 1. The summed E-state index contributed by atoms with van der Waals surface area (Å²) in [4.78, 5) is 15.2. The summed E-state index contributed by atoms with van der Waals surface area (Å²) in [5, 5.41) is -0.444. The van der Waals surface area contributed by atoms with Crippen LogP contribution in [-0.4, -0.2) is 29.3 Å². The maximum absolute atomic E-state index is 12.9. The van der Waals surface area contributed by atoms with E-state index in [2.05, 4.69) is 0 Å². The second kappa shape index (κ2) is 5.76. The SMILES string of the molecule is CN(C)c1ccccc1S(=O)C1CC=C(C(C)(C)C)C1=O. The molecule has 2 unspecified atom stereocenters. The van der Waals surface area contributed by atoms with Gasteiger partial charge in [-0.15, -0.1) is 0 Å². The molecule has 2 rings (SSSR count). The molecule has 3 nitrogen and oxygen atoms in total. The molecule has 114 valence electrons. The van der Waals surface area contributed by atoms with E-state index in [0.29, 0.717) is 6.42 Å². The van der Waals surface area contributed by atoms with E-state index in [-0.39, 0.29) is 11.2 Å². The summed E-state index contributed by atoms with van der Waals surface area (Å²) < 4.78 is 12.9. The number of carbonyl (C=O) groups excluding carboxylic acids is 1. The van der Waals surface area contributed by atoms with Crippen LogP contribution in [0.1, 0.15) is 27.2 Å². The van der Waals surface area contributed by atoms with Gasteiger partial charge in [-0.3, -0.25) is 9.00 Å². The maximum Gasteiger partial charge on any atom is 0.175 e. The molecule has 0 fully saturated rings. The highest BCUT2D eigenvalue weighted by atomic mass is 32.2. The van der Waals surface area contributed by atoms with E-state index in [4.69, 9.17) is 0 Å². The van der Waals surface area contributed by atoms with Crippen LogP contribution < -0.4 is 4.90 Å². The topological polar surface area (TPSA) is 37.4 Å². The zero-order chi connectivity index (χ0) is 15.8. The minimum absolute atomic E-state index is 0.0365. The quantitative estimate of drug-likeness (QED) is 0.861. The van der Waals surface area contributed by atoms with Gasteiger partial charge in [0, 0.05) is 14.1 Å². The lowest BCUT2D eigenvalue weighted by Crippen LogP contribution is -2.27. The Bertz CT molecular complexity index is 611. The van der Waals surface area contributed by atoms with Gasteiger partial charge in [-0.25, -0.2) is 0 Å². The van der Waals surface area contributed by atoms with Crippen LogP contribution >= 0.6 is 0 Å². The standard InChI is InChI=1S/C17H23NO2S/c1-17(2,3)12-10-11-15(16(12)19)21(20)14-9-7-6-8-13(14)18(4)5/h6-10,15H,11H2,1-5H3. The molecule has 0 aromatic heterocycles. The third kappa shape index (κ3) is 3.10. The number of Topliss-reactive ketones (excluding diaryl/α,β-unsaturated/α-hetero) is 1. The molecule has 0 radical (unpaired) electrons. The molecule has 21 heavy (non-hydrogen) atoms. The first-order valence-electron chi connectivity index (χ1n) is 7.15. The van der Waals surface area contributed by atoms with Crippen LogP contribution in [0.3, 0.4) is 0 Å².